The van der Waals surface area contributed by atoms with Crippen molar-refractivity contribution in [1.82, 2.24) is 0 Å². The Morgan fingerprint density at radius 3 is 2.11 bits per heavy atom. The van der Waals surface area contributed by atoms with Crippen molar-refractivity contribution in [2.75, 3.05) is 20.6 Å². The van der Waals surface area contributed by atoms with Gasteiger partial charge in [-0.15, -0.1) is 11.6 Å². The average Bonchev–Trinajstić information content (AvgIpc) is 2.39. The maximum Gasteiger partial charge on any atom is 0.161 e. The Kier molecular flexibility index (Phi) is 8.59. The van der Waals surface area contributed by atoms with Gasteiger partial charge < -0.3 is 15.2 Å². The van der Waals surface area contributed by atoms with Crippen LogP contribution < -0.4 is 15.2 Å². The molecular weight excluding hydrogens is 250 g/mol. The van der Waals surface area contributed by atoms with Gasteiger partial charge >= 0.3 is 0 Å². The van der Waals surface area contributed by atoms with Gasteiger partial charge in [0.15, 0.2) is 11.5 Å². The fourth-order valence-electron chi connectivity index (χ4n) is 1.81. The number of hydrogen-bond acceptors (Lipinski definition) is 2. The van der Waals surface area contributed by atoms with Crippen molar-refractivity contribution in [3.05, 3.63) is 23.8 Å². The molecule has 0 aromatic heterocycles. The zero-order valence-corrected chi connectivity index (χ0v) is 12.8. The van der Waals surface area contributed by atoms with E-state index in [0.29, 0.717) is 12.0 Å². The summed E-state index contributed by atoms with van der Waals surface area (Å²) < 4.78 is 10.5. The van der Waals surface area contributed by atoms with Crippen LogP contribution in [0, 0.1) is 5.92 Å². The van der Waals surface area contributed by atoms with E-state index in [-0.39, 0.29) is 0 Å². The molecule has 3 nitrogen and oxygen atoms in total. The lowest BCUT2D eigenvalue weighted by atomic mass is 9.97. The number of alkyl halides is 1. The highest BCUT2D eigenvalue weighted by Crippen LogP contribution is 2.30. The van der Waals surface area contributed by atoms with Crippen LogP contribution in [-0.4, -0.2) is 20.6 Å². The minimum absolute atomic E-state index is 0.305. The van der Waals surface area contributed by atoms with Gasteiger partial charge in [-0.2, -0.15) is 0 Å². The molecule has 0 bridgehead atoms. The molecule has 0 radical (unpaired) electrons. The SMILES string of the molecule is CCl.COc1ccc(C([NH3+])CC(C)C)cc1OC. The Morgan fingerprint density at radius 2 is 1.67 bits per heavy atom. The van der Waals surface area contributed by atoms with Crippen molar-refractivity contribution >= 4 is 11.6 Å². The fraction of sp³-hybridized carbons (Fsp3) is 0.571. The van der Waals surface area contributed by atoms with Crippen LogP contribution in [-0.2, 0) is 0 Å². The maximum absolute atomic E-state index is 5.28. The first kappa shape index (κ1) is 17.1. The molecule has 0 saturated heterocycles. The summed E-state index contributed by atoms with van der Waals surface area (Å²) in [7, 11) is 3.30. The summed E-state index contributed by atoms with van der Waals surface area (Å²) in [6.45, 7) is 4.41. The molecule has 0 aliphatic carbocycles. The van der Waals surface area contributed by atoms with Crippen molar-refractivity contribution in [3.63, 3.8) is 0 Å². The summed E-state index contributed by atoms with van der Waals surface area (Å²) in [5.41, 5.74) is 5.38. The monoisotopic (exact) mass is 274 g/mol. The van der Waals surface area contributed by atoms with Gasteiger partial charge in [-0.25, -0.2) is 0 Å². The molecule has 0 aliphatic heterocycles. The lowest BCUT2D eigenvalue weighted by molar-refractivity contribution is -0.429. The van der Waals surface area contributed by atoms with Gasteiger partial charge in [-0.3, -0.25) is 0 Å². The van der Waals surface area contributed by atoms with E-state index in [1.807, 2.05) is 12.1 Å². The average molecular weight is 275 g/mol. The van der Waals surface area contributed by atoms with Crippen molar-refractivity contribution in [2.24, 2.45) is 5.92 Å². The minimum Gasteiger partial charge on any atom is -0.493 e. The number of halogens is 1. The first-order valence-electron chi connectivity index (χ1n) is 6.01. The zero-order chi connectivity index (χ0) is 14.1. The number of quaternary nitrogens is 1. The molecule has 0 saturated carbocycles. The molecule has 0 fully saturated rings. The predicted octanol–water partition coefficient (Wildman–Crippen LogP) is 2.89. The van der Waals surface area contributed by atoms with Crippen molar-refractivity contribution in [1.29, 1.82) is 0 Å². The summed E-state index contributed by atoms with van der Waals surface area (Å²) in [6.07, 6.45) is 2.55. The van der Waals surface area contributed by atoms with Gasteiger partial charge in [0.25, 0.3) is 0 Å². The van der Waals surface area contributed by atoms with Crippen LogP contribution in [0.2, 0.25) is 0 Å². The smallest absolute Gasteiger partial charge is 0.161 e. The van der Waals surface area contributed by atoms with Crippen LogP contribution in [0.25, 0.3) is 0 Å². The van der Waals surface area contributed by atoms with Crippen LogP contribution in [0.1, 0.15) is 31.9 Å². The molecule has 1 atom stereocenters. The van der Waals surface area contributed by atoms with Gasteiger partial charge in [0.2, 0.25) is 0 Å². The highest BCUT2D eigenvalue weighted by molar-refractivity contribution is 6.15. The van der Waals surface area contributed by atoms with E-state index >= 15 is 0 Å². The maximum atomic E-state index is 5.28. The van der Waals surface area contributed by atoms with Crippen LogP contribution in [0.4, 0.5) is 0 Å². The van der Waals surface area contributed by atoms with Crippen molar-refractivity contribution in [3.8, 4) is 11.5 Å². The standard InChI is InChI=1S/C13H21NO2.CH3Cl/c1-9(2)7-11(14)10-5-6-12(15-3)13(8-10)16-4;1-2/h5-6,8-9,11H,7,14H2,1-4H3;1H3/p+1. The quantitative estimate of drug-likeness (QED) is 0.839. The van der Waals surface area contributed by atoms with E-state index in [1.165, 1.54) is 11.9 Å². The third-order valence-corrected chi connectivity index (χ3v) is 2.63. The van der Waals surface area contributed by atoms with E-state index in [0.717, 1.165) is 17.9 Å². The van der Waals surface area contributed by atoms with Crippen LogP contribution in [0.3, 0.4) is 0 Å². The number of hydrogen-bond donors (Lipinski definition) is 1. The second-order valence-corrected chi connectivity index (χ2v) is 4.44. The molecule has 18 heavy (non-hydrogen) atoms. The summed E-state index contributed by atoms with van der Waals surface area (Å²) in [5, 5.41) is 0. The lowest BCUT2D eigenvalue weighted by Gasteiger charge is -2.14. The number of benzene rings is 1. The molecule has 1 rings (SSSR count). The van der Waals surface area contributed by atoms with Crippen LogP contribution in [0.5, 0.6) is 11.5 Å². The Morgan fingerprint density at radius 1 is 1.11 bits per heavy atom. The molecule has 3 N–H and O–H groups in total. The highest BCUT2D eigenvalue weighted by atomic mass is 35.5. The van der Waals surface area contributed by atoms with E-state index in [4.69, 9.17) is 9.47 Å². The third-order valence-electron chi connectivity index (χ3n) is 2.63. The molecule has 0 spiro atoms. The highest BCUT2D eigenvalue weighted by Gasteiger charge is 2.14. The zero-order valence-electron chi connectivity index (χ0n) is 12.0. The Bertz CT molecular complexity index is 343. The van der Waals surface area contributed by atoms with Crippen molar-refractivity contribution in [2.45, 2.75) is 26.3 Å². The summed E-state index contributed by atoms with van der Waals surface area (Å²) in [4.78, 5) is 0. The normalized spacial score (nSPS) is 11.6. The molecule has 0 amide bonds. The molecule has 0 heterocycles. The largest absolute Gasteiger partial charge is 0.493 e. The second-order valence-electron chi connectivity index (χ2n) is 4.44. The molecule has 1 aromatic carbocycles. The van der Waals surface area contributed by atoms with E-state index in [9.17, 15) is 0 Å². The van der Waals surface area contributed by atoms with Gasteiger partial charge in [0.1, 0.15) is 6.04 Å². The molecule has 0 aliphatic rings. The van der Waals surface area contributed by atoms with E-state index in [1.54, 1.807) is 14.2 Å². The first-order chi connectivity index (χ1) is 8.58. The van der Waals surface area contributed by atoms with E-state index < -0.39 is 0 Å². The minimum atomic E-state index is 0.305. The van der Waals surface area contributed by atoms with Gasteiger partial charge in [-0.05, 0) is 24.1 Å². The van der Waals surface area contributed by atoms with Crippen LogP contribution >= 0.6 is 11.6 Å². The molecule has 1 unspecified atom stereocenters. The fourth-order valence-corrected chi connectivity index (χ4v) is 1.81. The van der Waals surface area contributed by atoms with Gasteiger partial charge in [-0.1, -0.05) is 13.8 Å². The summed E-state index contributed by atoms with van der Waals surface area (Å²) in [5.74, 6) is 2.19. The van der Waals surface area contributed by atoms with Gasteiger partial charge in [0.05, 0.1) is 14.2 Å². The number of ether oxygens (including phenoxy) is 2. The van der Waals surface area contributed by atoms with E-state index in [2.05, 4.69) is 37.2 Å². The second kappa shape index (κ2) is 9.06. The molecule has 4 heteroatoms. The number of methoxy groups -OCH3 is 2. The predicted molar refractivity (Wildman–Crippen MR) is 76.4 cm³/mol. The topological polar surface area (TPSA) is 46.1 Å². The Balaban J connectivity index is 0.00000137. The third kappa shape index (κ3) is 5.15. The molecule has 1 aromatic rings. The first-order valence-corrected chi connectivity index (χ1v) is 6.76. The Labute approximate surface area is 115 Å². The van der Waals surface area contributed by atoms with Crippen LogP contribution in [0.15, 0.2) is 18.2 Å². The molecular formula is C14H25ClNO2+. The van der Waals surface area contributed by atoms with Crippen molar-refractivity contribution < 1.29 is 15.2 Å². The summed E-state index contributed by atoms with van der Waals surface area (Å²) >= 11 is 4.64. The lowest BCUT2D eigenvalue weighted by Crippen LogP contribution is -2.53. The Hall–Kier alpha value is -0.930. The summed E-state index contributed by atoms with van der Waals surface area (Å²) in [6, 6.07) is 6.31. The number of rotatable bonds is 5. The van der Waals surface area contributed by atoms with Gasteiger partial charge in [0, 0.05) is 18.4 Å². The molecule has 104 valence electrons.